The van der Waals surface area contributed by atoms with Crippen molar-refractivity contribution >= 4 is 39.1 Å². The van der Waals surface area contributed by atoms with Crippen LogP contribution >= 0.6 is 23.2 Å². The first-order valence-corrected chi connectivity index (χ1v) is 9.11. The molecule has 0 N–H and O–H groups in total. The number of hydrogen-bond acceptors (Lipinski definition) is 5. The van der Waals surface area contributed by atoms with Gasteiger partial charge in [0.2, 0.25) is 9.84 Å². The number of halogens is 2. The molecule has 2 aromatic carbocycles. The molecule has 130 valence electrons. The number of nitriles is 1. The van der Waals surface area contributed by atoms with Crippen molar-refractivity contribution in [3.8, 4) is 17.6 Å². The third-order valence-corrected chi connectivity index (χ3v) is 5.69. The lowest BCUT2D eigenvalue weighted by Gasteiger charge is -2.09. The molecule has 0 radical (unpaired) electrons. The highest BCUT2D eigenvalue weighted by molar-refractivity contribution is 7.95. The summed E-state index contributed by atoms with van der Waals surface area (Å²) in [5.74, 6) is 0.896. The highest BCUT2D eigenvalue weighted by atomic mass is 35.5. The van der Waals surface area contributed by atoms with Crippen LogP contribution in [0.15, 0.2) is 46.2 Å². The highest BCUT2D eigenvalue weighted by Crippen LogP contribution is 2.32. The third-order valence-electron chi connectivity index (χ3n) is 3.31. The van der Waals surface area contributed by atoms with E-state index in [0.717, 1.165) is 0 Å². The molecular formula is C17H13Cl2NO4S. The minimum absolute atomic E-state index is 0.0211. The van der Waals surface area contributed by atoms with Gasteiger partial charge in [-0.05, 0) is 36.4 Å². The Balaban J connectivity index is 2.61. The molecule has 25 heavy (non-hydrogen) atoms. The van der Waals surface area contributed by atoms with Crippen molar-refractivity contribution in [2.75, 3.05) is 14.2 Å². The topological polar surface area (TPSA) is 76.4 Å². The molecule has 0 aliphatic rings. The average Bonchev–Trinajstić information content (AvgIpc) is 2.61. The fraction of sp³-hybridized carbons (Fsp3) is 0.118. The molecule has 0 spiro atoms. The van der Waals surface area contributed by atoms with Gasteiger partial charge in [-0.25, -0.2) is 8.42 Å². The summed E-state index contributed by atoms with van der Waals surface area (Å²) in [5.41, 5.74) is 0.404. The van der Waals surface area contributed by atoms with E-state index in [4.69, 9.17) is 32.7 Å². The van der Waals surface area contributed by atoms with E-state index in [-0.39, 0.29) is 14.9 Å². The van der Waals surface area contributed by atoms with Crippen LogP contribution in [-0.2, 0) is 9.84 Å². The molecule has 0 amide bonds. The summed E-state index contributed by atoms with van der Waals surface area (Å²) in [6, 6.07) is 10.5. The van der Waals surface area contributed by atoms with E-state index in [1.165, 1.54) is 38.5 Å². The number of sulfone groups is 1. The van der Waals surface area contributed by atoms with Crippen molar-refractivity contribution in [3.63, 3.8) is 0 Å². The molecule has 0 saturated heterocycles. The van der Waals surface area contributed by atoms with Crippen LogP contribution in [0.3, 0.4) is 0 Å². The number of methoxy groups -OCH3 is 2. The molecular weight excluding hydrogens is 385 g/mol. The molecule has 0 bridgehead atoms. The van der Waals surface area contributed by atoms with Gasteiger partial charge < -0.3 is 9.47 Å². The Kier molecular flexibility index (Phi) is 5.96. The molecule has 0 atom stereocenters. The van der Waals surface area contributed by atoms with Crippen molar-refractivity contribution in [3.05, 3.63) is 56.9 Å². The molecule has 0 saturated carbocycles. The van der Waals surface area contributed by atoms with Crippen molar-refractivity contribution in [1.82, 2.24) is 0 Å². The van der Waals surface area contributed by atoms with Gasteiger partial charge in [-0.2, -0.15) is 5.26 Å². The fourth-order valence-electron chi connectivity index (χ4n) is 2.05. The Morgan fingerprint density at radius 1 is 1.12 bits per heavy atom. The van der Waals surface area contributed by atoms with Gasteiger partial charge in [0.15, 0.2) is 0 Å². The molecule has 0 unspecified atom stereocenters. The quantitative estimate of drug-likeness (QED) is 0.700. The molecule has 0 aromatic heterocycles. The summed E-state index contributed by atoms with van der Waals surface area (Å²) in [6.45, 7) is 0. The number of nitrogens with zero attached hydrogens (tertiary/aromatic N) is 1. The summed E-state index contributed by atoms with van der Waals surface area (Å²) >= 11 is 11.8. The molecule has 0 aliphatic heterocycles. The first-order valence-electron chi connectivity index (χ1n) is 6.87. The van der Waals surface area contributed by atoms with Crippen LogP contribution in [0.25, 0.3) is 6.08 Å². The van der Waals surface area contributed by atoms with Gasteiger partial charge in [0.25, 0.3) is 0 Å². The van der Waals surface area contributed by atoms with Crippen molar-refractivity contribution in [2.24, 2.45) is 0 Å². The fourth-order valence-corrected chi connectivity index (χ4v) is 3.96. The molecule has 8 heteroatoms. The molecule has 0 heterocycles. The first-order chi connectivity index (χ1) is 11.8. The molecule has 0 fully saturated rings. The maximum absolute atomic E-state index is 12.8. The van der Waals surface area contributed by atoms with E-state index in [9.17, 15) is 13.7 Å². The molecule has 2 aromatic rings. The summed E-state index contributed by atoms with van der Waals surface area (Å²) < 4.78 is 35.8. The van der Waals surface area contributed by atoms with Crippen molar-refractivity contribution in [1.29, 1.82) is 5.26 Å². The van der Waals surface area contributed by atoms with Crippen LogP contribution < -0.4 is 9.47 Å². The van der Waals surface area contributed by atoms with Crippen LogP contribution in [0.5, 0.6) is 11.5 Å². The summed E-state index contributed by atoms with van der Waals surface area (Å²) in [6.07, 6.45) is 1.21. The minimum Gasteiger partial charge on any atom is -0.497 e. The van der Waals surface area contributed by atoms with Crippen LogP contribution in [0.1, 0.15) is 5.56 Å². The Morgan fingerprint density at radius 3 is 2.44 bits per heavy atom. The standard InChI is InChI=1S/C17H13Cl2NO4S/c1-23-13-5-3-11(16(9-13)24-2)7-14(10-20)25(21,22)17-8-12(18)4-6-15(17)19/h3-9H,1-2H3. The van der Waals surface area contributed by atoms with E-state index in [1.54, 1.807) is 24.3 Å². The Morgan fingerprint density at radius 2 is 1.84 bits per heavy atom. The lowest BCUT2D eigenvalue weighted by Crippen LogP contribution is -2.04. The van der Waals surface area contributed by atoms with E-state index < -0.39 is 14.7 Å². The number of benzene rings is 2. The van der Waals surface area contributed by atoms with Crippen molar-refractivity contribution in [2.45, 2.75) is 4.90 Å². The van der Waals surface area contributed by atoms with Gasteiger partial charge in [-0.1, -0.05) is 23.2 Å². The van der Waals surface area contributed by atoms with Crippen molar-refractivity contribution < 1.29 is 17.9 Å². The number of rotatable bonds is 5. The highest BCUT2D eigenvalue weighted by Gasteiger charge is 2.24. The minimum atomic E-state index is -4.15. The van der Waals surface area contributed by atoms with Crippen LogP contribution in [0.2, 0.25) is 10.0 Å². The van der Waals surface area contributed by atoms with Gasteiger partial charge in [0, 0.05) is 16.7 Å². The molecule has 0 aliphatic carbocycles. The van der Waals surface area contributed by atoms with Crippen LogP contribution in [0.4, 0.5) is 0 Å². The van der Waals surface area contributed by atoms with Gasteiger partial charge in [0.1, 0.15) is 22.5 Å². The van der Waals surface area contributed by atoms with Gasteiger partial charge in [-0.3, -0.25) is 0 Å². The summed E-state index contributed by atoms with van der Waals surface area (Å²) in [5, 5.41) is 9.55. The number of ether oxygens (including phenoxy) is 2. The zero-order valence-corrected chi connectivity index (χ0v) is 15.6. The zero-order valence-electron chi connectivity index (χ0n) is 13.3. The van der Waals surface area contributed by atoms with Gasteiger partial charge in [0.05, 0.1) is 24.1 Å². The van der Waals surface area contributed by atoms with E-state index in [1.807, 2.05) is 0 Å². The van der Waals surface area contributed by atoms with Gasteiger partial charge in [-0.15, -0.1) is 0 Å². The van der Waals surface area contributed by atoms with E-state index in [2.05, 4.69) is 0 Å². The summed E-state index contributed by atoms with van der Waals surface area (Å²) in [7, 11) is -1.22. The second-order valence-corrected chi connectivity index (χ2v) is 7.54. The molecule has 5 nitrogen and oxygen atoms in total. The lowest BCUT2D eigenvalue weighted by molar-refractivity contribution is 0.394. The lowest BCUT2D eigenvalue weighted by atomic mass is 10.2. The smallest absolute Gasteiger partial charge is 0.218 e. The maximum atomic E-state index is 12.8. The predicted molar refractivity (Wildman–Crippen MR) is 96.8 cm³/mol. The maximum Gasteiger partial charge on any atom is 0.218 e. The third kappa shape index (κ3) is 4.07. The Labute approximate surface area is 155 Å². The second kappa shape index (κ2) is 7.79. The van der Waals surface area contributed by atoms with E-state index >= 15 is 0 Å². The first kappa shape index (κ1) is 19.1. The van der Waals surface area contributed by atoms with Gasteiger partial charge >= 0.3 is 0 Å². The second-order valence-electron chi connectivity index (χ2n) is 4.81. The Hall–Kier alpha value is -2.20. The normalized spacial score (nSPS) is 11.7. The summed E-state index contributed by atoms with van der Waals surface area (Å²) in [4.78, 5) is -0.720. The SMILES string of the molecule is COc1ccc(C=C(C#N)S(=O)(=O)c2cc(Cl)ccc2Cl)c(OC)c1. The predicted octanol–water partition coefficient (Wildman–Crippen LogP) is 4.35. The Bertz CT molecular complexity index is 979. The van der Waals surface area contributed by atoms with Crippen LogP contribution in [0, 0.1) is 11.3 Å². The largest absolute Gasteiger partial charge is 0.497 e. The number of hydrogen-bond donors (Lipinski definition) is 0. The average molecular weight is 398 g/mol. The monoisotopic (exact) mass is 397 g/mol. The van der Waals surface area contributed by atoms with E-state index in [0.29, 0.717) is 17.1 Å². The van der Waals surface area contributed by atoms with Crippen LogP contribution in [-0.4, -0.2) is 22.6 Å². The number of allylic oxidation sites excluding steroid dienone is 1. The molecule has 2 rings (SSSR count). The zero-order chi connectivity index (χ0) is 18.6.